The van der Waals surface area contributed by atoms with E-state index in [1.807, 2.05) is 30.5 Å². The van der Waals surface area contributed by atoms with E-state index in [4.69, 9.17) is 4.74 Å². The van der Waals surface area contributed by atoms with E-state index in [0.29, 0.717) is 18.5 Å². The van der Waals surface area contributed by atoms with E-state index >= 15 is 0 Å². The predicted molar refractivity (Wildman–Crippen MR) is 108 cm³/mol. The SMILES string of the molecule is c1ccc(COc2ccc([C@@H]3CCCCN3Cc3ccccc3)cn2)cc1. The maximum absolute atomic E-state index is 5.83. The van der Waals surface area contributed by atoms with E-state index in [1.54, 1.807) is 0 Å². The van der Waals surface area contributed by atoms with Crippen molar-refractivity contribution < 1.29 is 4.74 Å². The maximum Gasteiger partial charge on any atom is 0.213 e. The monoisotopic (exact) mass is 358 g/mol. The van der Waals surface area contributed by atoms with Gasteiger partial charge in [-0.2, -0.15) is 0 Å². The lowest BCUT2D eigenvalue weighted by molar-refractivity contribution is 0.140. The van der Waals surface area contributed by atoms with E-state index in [2.05, 4.69) is 58.4 Å². The summed E-state index contributed by atoms with van der Waals surface area (Å²) in [6, 6.07) is 25.6. The van der Waals surface area contributed by atoms with Gasteiger partial charge in [0, 0.05) is 24.8 Å². The second-order valence-electron chi connectivity index (χ2n) is 7.17. The summed E-state index contributed by atoms with van der Waals surface area (Å²) in [4.78, 5) is 7.15. The van der Waals surface area contributed by atoms with Crippen LogP contribution in [0.25, 0.3) is 0 Å². The molecular weight excluding hydrogens is 332 g/mol. The topological polar surface area (TPSA) is 25.4 Å². The summed E-state index contributed by atoms with van der Waals surface area (Å²) in [7, 11) is 0. The fourth-order valence-electron chi connectivity index (χ4n) is 3.78. The summed E-state index contributed by atoms with van der Waals surface area (Å²) < 4.78 is 5.83. The molecule has 0 spiro atoms. The third-order valence-corrected chi connectivity index (χ3v) is 5.22. The molecular formula is C24H26N2O. The number of hydrogen-bond donors (Lipinski definition) is 0. The molecule has 3 aromatic rings. The fraction of sp³-hybridized carbons (Fsp3) is 0.292. The van der Waals surface area contributed by atoms with Crippen molar-refractivity contribution in [1.29, 1.82) is 0 Å². The zero-order chi connectivity index (χ0) is 18.3. The van der Waals surface area contributed by atoms with Crippen LogP contribution in [0, 0.1) is 0 Å². The molecule has 1 aliphatic heterocycles. The average molecular weight is 358 g/mol. The highest BCUT2D eigenvalue weighted by Gasteiger charge is 2.24. The number of benzene rings is 2. The summed E-state index contributed by atoms with van der Waals surface area (Å²) >= 11 is 0. The van der Waals surface area contributed by atoms with Crippen molar-refractivity contribution >= 4 is 0 Å². The van der Waals surface area contributed by atoms with Crippen LogP contribution >= 0.6 is 0 Å². The van der Waals surface area contributed by atoms with Crippen LogP contribution in [0.5, 0.6) is 5.88 Å². The molecule has 0 radical (unpaired) electrons. The number of ether oxygens (including phenoxy) is 1. The van der Waals surface area contributed by atoms with Gasteiger partial charge in [0.25, 0.3) is 0 Å². The van der Waals surface area contributed by atoms with Gasteiger partial charge < -0.3 is 4.74 Å². The van der Waals surface area contributed by atoms with E-state index in [1.165, 1.54) is 30.4 Å². The van der Waals surface area contributed by atoms with Crippen LogP contribution in [-0.2, 0) is 13.2 Å². The Balaban J connectivity index is 1.41. The summed E-state index contributed by atoms with van der Waals surface area (Å²) in [5.41, 5.74) is 3.82. The number of pyridine rings is 1. The molecule has 1 aliphatic rings. The average Bonchev–Trinajstić information content (AvgIpc) is 2.75. The fourth-order valence-corrected chi connectivity index (χ4v) is 3.78. The Morgan fingerprint density at radius 2 is 1.59 bits per heavy atom. The van der Waals surface area contributed by atoms with Crippen molar-refractivity contribution in [2.45, 2.75) is 38.5 Å². The third kappa shape index (κ3) is 4.75. The molecule has 2 heterocycles. The van der Waals surface area contributed by atoms with Gasteiger partial charge in [0.05, 0.1) is 0 Å². The molecule has 1 atom stereocenters. The Morgan fingerprint density at radius 1 is 0.852 bits per heavy atom. The molecule has 0 unspecified atom stereocenters. The molecule has 3 nitrogen and oxygen atoms in total. The molecule has 0 aliphatic carbocycles. The molecule has 27 heavy (non-hydrogen) atoms. The Morgan fingerprint density at radius 3 is 2.30 bits per heavy atom. The number of piperidine rings is 1. The number of likely N-dealkylation sites (tertiary alicyclic amines) is 1. The minimum absolute atomic E-state index is 0.439. The molecule has 1 saturated heterocycles. The standard InChI is InChI=1S/C24H26N2O/c1-3-9-20(10-4-1)18-26-16-8-7-13-23(26)22-14-15-24(25-17-22)27-19-21-11-5-2-6-12-21/h1-6,9-12,14-15,17,23H,7-8,13,16,18-19H2/t23-/m0/s1. The van der Waals surface area contributed by atoms with Crippen molar-refractivity contribution in [3.05, 3.63) is 95.7 Å². The first-order valence-corrected chi connectivity index (χ1v) is 9.79. The largest absolute Gasteiger partial charge is 0.473 e. The van der Waals surface area contributed by atoms with Crippen LogP contribution in [0.15, 0.2) is 79.0 Å². The minimum atomic E-state index is 0.439. The first-order valence-electron chi connectivity index (χ1n) is 9.79. The molecule has 0 amide bonds. The predicted octanol–water partition coefficient (Wildman–Crippen LogP) is 5.39. The normalized spacial score (nSPS) is 17.6. The van der Waals surface area contributed by atoms with E-state index in [9.17, 15) is 0 Å². The molecule has 1 fully saturated rings. The van der Waals surface area contributed by atoms with Gasteiger partial charge in [-0.3, -0.25) is 4.90 Å². The summed E-state index contributed by atoms with van der Waals surface area (Å²) in [5.74, 6) is 0.688. The van der Waals surface area contributed by atoms with E-state index < -0.39 is 0 Å². The summed E-state index contributed by atoms with van der Waals surface area (Å²) in [5, 5.41) is 0. The first-order chi connectivity index (χ1) is 13.4. The third-order valence-electron chi connectivity index (χ3n) is 5.22. The Kier molecular flexibility index (Phi) is 5.80. The molecule has 3 heteroatoms. The number of rotatable bonds is 6. The highest BCUT2D eigenvalue weighted by Crippen LogP contribution is 2.32. The maximum atomic E-state index is 5.83. The van der Waals surface area contributed by atoms with Gasteiger partial charge in [-0.1, -0.05) is 73.2 Å². The molecule has 0 saturated carbocycles. The number of hydrogen-bond acceptors (Lipinski definition) is 3. The van der Waals surface area contributed by atoms with Gasteiger partial charge in [-0.25, -0.2) is 4.98 Å². The number of aromatic nitrogens is 1. The Labute approximate surface area is 161 Å². The zero-order valence-corrected chi connectivity index (χ0v) is 15.6. The highest BCUT2D eigenvalue weighted by molar-refractivity contribution is 5.23. The highest BCUT2D eigenvalue weighted by atomic mass is 16.5. The quantitative estimate of drug-likeness (QED) is 0.591. The van der Waals surface area contributed by atoms with E-state index in [0.717, 1.165) is 18.7 Å². The van der Waals surface area contributed by atoms with Crippen LogP contribution < -0.4 is 4.74 Å². The lowest BCUT2D eigenvalue weighted by atomic mass is 9.96. The van der Waals surface area contributed by atoms with Crippen molar-refractivity contribution in [3.8, 4) is 5.88 Å². The van der Waals surface area contributed by atoms with Crippen molar-refractivity contribution in [2.75, 3.05) is 6.54 Å². The van der Waals surface area contributed by atoms with Gasteiger partial charge in [0.15, 0.2) is 0 Å². The Hall–Kier alpha value is -2.65. The molecule has 0 N–H and O–H groups in total. The van der Waals surface area contributed by atoms with Gasteiger partial charge in [0.2, 0.25) is 5.88 Å². The molecule has 0 bridgehead atoms. The van der Waals surface area contributed by atoms with Gasteiger partial charge in [0.1, 0.15) is 6.61 Å². The second-order valence-corrected chi connectivity index (χ2v) is 7.17. The number of nitrogens with zero attached hydrogens (tertiary/aromatic N) is 2. The lowest BCUT2D eigenvalue weighted by Crippen LogP contribution is -2.32. The van der Waals surface area contributed by atoms with Crippen LogP contribution in [0.1, 0.15) is 42.0 Å². The van der Waals surface area contributed by atoms with Crippen LogP contribution in [0.3, 0.4) is 0 Å². The summed E-state index contributed by atoms with van der Waals surface area (Å²) in [6.07, 6.45) is 5.74. The molecule has 138 valence electrons. The van der Waals surface area contributed by atoms with Crippen molar-refractivity contribution in [3.63, 3.8) is 0 Å². The molecule has 1 aromatic heterocycles. The Bertz CT molecular complexity index is 818. The van der Waals surface area contributed by atoms with Gasteiger partial charge >= 0.3 is 0 Å². The smallest absolute Gasteiger partial charge is 0.213 e. The van der Waals surface area contributed by atoms with Crippen LogP contribution in [0.4, 0.5) is 0 Å². The van der Waals surface area contributed by atoms with Gasteiger partial charge in [-0.15, -0.1) is 0 Å². The molecule has 2 aromatic carbocycles. The summed E-state index contributed by atoms with van der Waals surface area (Å²) in [6.45, 7) is 2.69. The lowest BCUT2D eigenvalue weighted by Gasteiger charge is -2.36. The van der Waals surface area contributed by atoms with Crippen LogP contribution in [0.2, 0.25) is 0 Å². The van der Waals surface area contributed by atoms with Crippen molar-refractivity contribution in [2.24, 2.45) is 0 Å². The van der Waals surface area contributed by atoms with Crippen LogP contribution in [-0.4, -0.2) is 16.4 Å². The molecule has 4 rings (SSSR count). The van der Waals surface area contributed by atoms with E-state index in [-0.39, 0.29) is 0 Å². The van der Waals surface area contributed by atoms with Crippen molar-refractivity contribution in [1.82, 2.24) is 9.88 Å². The zero-order valence-electron chi connectivity index (χ0n) is 15.6. The first kappa shape index (κ1) is 17.7. The minimum Gasteiger partial charge on any atom is -0.473 e. The second kappa shape index (κ2) is 8.83. The van der Waals surface area contributed by atoms with Gasteiger partial charge in [-0.05, 0) is 36.1 Å².